The predicted molar refractivity (Wildman–Crippen MR) is 261 cm³/mol. The second-order valence-electron chi connectivity index (χ2n) is 17.7. The van der Waals surface area contributed by atoms with Crippen LogP contribution in [-0.4, -0.2) is 51.4 Å². The number of rotatable bonds is 9. The van der Waals surface area contributed by atoms with E-state index in [9.17, 15) is 24.6 Å². The van der Waals surface area contributed by atoms with E-state index in [4.69, 9.17) is 9.47 Å². The van der Waals surface area contributed by atoms with Gasteiger partial charge in [0.25, 0.3) is 17.7 Å². The van der Waals surface area contributed by atoms with Crippen LogP contribution in [0.1, 0.15) is 56.3 Å². The average molecular weight is 915 g/mol. The Morgan fingerprint density at radius 3 is 1.87 bits per heavy atom. The number of ether oxygens (including phenoxy) is 2. The van der Waals surface area contributed by atoms with Crippen molar-refractivity contribution in [3.8, 4) is 23.0 Å². The molecule has 0 unspecified atom stereocenters. The molecule has 12 heteroatoms. The number of anilines is 5. The molecule has 69 heavy (non-hydrogen) atoms. The Balaban J connectivity index is 0.960. The average Bonchev–Trinajstić information content (AvgIpc) is 3.45. The molecule has 4 aliphatic heterocycles. The molecule has 11 rings (SSSR count). The van der Waals surface area contributed by atoms with Gasteiger partial charge in [0, 0.05) is 35.8 Å². The van der Waals surface area contributed by atoms with Crippen molar-refractivity contribution in [3.63, 3.8) is 0 Å². The molecule has 7 aromatic carbocycles. The van der Waals surface area contributed by atoms with Gasteiger partial charge in [-0.3, -0.25) is 29.0 Å². The SMILES string of the molecule is C[C@H](/C=C/CC(=O)N1Cc2ccccc2C[C@H]1CO)[C@@]1(O)C(=O)N(Cc2cccc(N3C(=O)c4ccccc4Oc4ccccc43)c2)c2ccc(N3C(=O)c4ccccc4Oc4ccccc43)cc21. The minimum absolute atomic E-state index is 0.0126. The zero-order valence-corrected chi connectivity index (χ0v) is 37.6. The molecule has 4 amide bonds. The smallest absolute Gasteiger partial charge is 0.266 e. The van der Waals surface area contributed by atoms with E-state index in [-0.39, 0.29) is 48.9 Å². The summed E-state index contributed by atoms with van der Waals surface area (Å²) in [5, 5.41) is 23.4. The van der Waals surface area contributed by atoms with Crippen LogP contribution < -0.4 is 24.2 Å². The molecule has 4 aliphatic rings. The monoisotopic (exact) mass is 914 g/mol. The van der Waals surface area contributed by atoms with E-state index in [2.05, 4.69) is 0 Å². The maximum absolute atomic E-state index is 15.2. The number of carbonyl (C=O) groups is 4. The molecule has 0 bridgehead atoms. The van der Waals surface area contributed by atoms with Crippen LogP contribution in [0.4, 0.5) is 28.4 Å². The van der Waals surface area contributed by atoms with Crippen LogP contribution in [-0.2, 0) is 34.7 Å². The van der Waals surface area contributed by atoms with E-state index in [1.807, 2.05) is 91.0 Å². The fraction of sp³-hybridized carbons (Fsp3) is 0.158. The number of carbonyl (C=O) groups excluding carboxylic acids is 4. The Hall–Kier alpha value is -8.32. The van der Waals surface area contributed by atoms with Crippen molar-refractivity contribution in [2.45, 2.75) is 44.5 Å². The van der Waals surface area contributed by atoms with Crippen LogP contribution >= 0.6 is 0 Å². The summed E-state index contributed by atoms with van der Waals surface area (Å²) in [5.74, 6) is -0.527. The summed E-state index contributed by atoms with van der Waals surface area (Å²) in [4.78, 5) is 64.3. The Bertz CT molecular complexity index is 3260. The van der Waals surface area contributed by atoms with E-state index in [1.54, 1.807) is 102 Å². The molecule has 0 fully saturated rings. The maximum Gasteiger partial charge on any atom is 0.266 e. The zero-order valence-electron chi connectivity index (χ0n) is 37.6. The van der Waals surface area contributed by atoms with Crippen LogP contribution in [0.3, 0.4) is 0 Å². The number of aliphatic hydroxyl groups excluding tert-OH is 1. The topological polar surface area (TPSA) is 140 Å². The van der Waals surface area contributed by atoms with Crippen molar-refractivity contribution in [1.82, 2.24) is 4.90 Å². The molecule has 0 spiro atoms. The van der Waals surface area contributed by atoms with Gasteiger partial charge in [-0.05, 0) is 102 Å². The van der Waals surface area contributed by atoms with Crippen molar-refractivity contribution in [2.24, 2.45) is 5.92 Å². The quantitative estimate of drug-likeness (QED) is 0.137. The summed E-state index contributed by atoms with van der Waals surface area (Å²) in [5.41, 5.74) is 4.03. The third kappa shape index (κ3) is 7.41. The van der Waals surface area contributed by atoms with Crippen molar-refractivity contribution >= 4 is 52.1 Å². The fourth-order valence-electron chi connectivity index (χ4n) is 10.0. The minimum atomic E-state index is -2.16. The largest absolute Gasteiger partial charge is 0.454 e. The Kier molecular flexibility index (Phi) is 10.9. The summed E-state index contributed by atoms with van der Waals surface area (Å²) in [6, 6.07) is 48.6. The van der Waals surface area contributed by atoms with Gasteiger partial charge in [-0.15, -0.1) is 0 Å². The van der Waals surface area contributed by atoms with Crippen LogP contribution in [0.5, 0.6) is 23.0 Å². The van der Waals surface area contributed by atoms with E-state index < -0.39 is 17.4 Å². The lowest BCUT2D eigenvalue weighted by Gasteiger charge is -2.36. The molecule has 0 saturated carbocycles. The highest BCUT2D eigenvalue weighted by Crippen LogP contribution is 2.50. The second kappa shape index (κ2) is 17.4. The molecule has 7 aromatic rings. The highest BCUT2D eigenvalue weighted by molar-refractivity contribution is 6.16. The first-order chi connectivity index (χ1) is 33.6. The minimum Gasteiger partial charge on any atom is -0.454 e. The standard InChI is InChI=1S/C57H46N4O8/c1-36(14-12-27-53(63)58-34-39-17-3-2-16-38(39)31-42(58)35-62)57(67)45-32-41(61-48-22-7-11-26-52(48)69-50-24-9-5-20-44(50)55(61)65)28-29-46(45)59(56(57)66)33-37-15-13-18-40(30-37)60-47-21-6-10-25-51(47)68-49-23-8-4-19-43(49)54(60)64/h2-26,28-30,32,36,42,62,67H,27,31,33-35H2,1H3/b14-12+/t36-,42+,57+/m1/s1. The van der Waals surface area contributed by atoms with Crippen LogP contribution in [0.2, 0.25) is 0 Å². The van der Waals surface area contributed by atoms with Gasteiger partial charge in [0.15, 0.2) is 17.1 Å². The fourth-order valence-corrected chi connectivity index (χ4v) is 10.0. The molecule has 0 saturated heterocycles. The molecular weight excluding hydrogens is 869 g/mol. The van der Waals surface area contributed by atoms with Gasteiger partial charge >= 0.3 is 0 Å². The van der Waals surface area contributed by atoms with Crippen molar-refractivity contribution < 1.29 is 38.9 Å². The van der Waals surface area contributed by atoms with Gasteiger partial charge in [-0.1, -0.05) is 104 Å². The Morgan fingerprint density at radius 2 is 1.23 bits per heavy atom. The Labute approximate surface area is 398 Å². The van der Waals surface area contributed by atoms with Crippen LogP contribution in [0, 0.1) is 5.92 Å². The third-order valence-corrected chi connectivity index (χ3v) is 13.6. The van der Waals surface area contributed by atoms with E-state index >= 15 is 4.79 Å². The number of aliphatic hydroxyl groups is 2. The number of benzene rings is 7. The summed E-state index contributed by atoms with van der Waals surface area (Å²) < 4.78 is 12.5. The van der Waals surface area contributed by atoms with Gasteiger partial charge in [0.1, 0.15) is 11.5 Å². The highest BCUT2D eigenvalue weighted by Gasteiger charge is 2.53. The van der Waals surface area contributed by atoms with Gasteiger partial charge in [-0.2, -0.15) is 0 Å². The number of hydrogen-bond acceptors (Lipinski definition) is 8. The highest BCUT2D eigenvalue weighted by atomic mass is 16.5. The van der Waals surface area contributed by atoms with Gasteiger partial charge in [0.05, 0.1) is 47.4 Å². The molecular formula is C57H46N4O8. The molecule has 0 aromatic heterocycles. The number of fused-ring (bicyclic) bond motifs is 6. The molecule has 12 nitrogen and oxygen atoms in total. The molecule has 0 aliphatic carbocycles. The molecule has 3 atom stereocenters. The predicted octanol–water partition coefficient (Wildman–Crippen LogP) is 10.1. The molecule has 342 valence electrons. The van der Waals surface area contributed by atoms with E-state index in [0.29, 0.717) is 81.1 Å². The van der Waals surface area contributed by atoms with Crippen molar-refractivity contribution in [1.29, 1.82) is 0 Å². The van der Waals surface area contributed by atoms with Crippen molar-refractivity contribution in [2.75, 3.05) is 21.3 Å². The van der Waals surface area contributed by atoms with Gasteiger partial charge < -0.3 is 29.5 Å². The molecule has 4 heterocycles. The first-order valence-electron chi connectivity index (χ1n) is 22.9. The van der Waals surface area contributed by atoms with E-state index in [1.165, 1.54) is 9.80 Å². The summed E-state index contributed by atoms with van der Waals surface area (Å²) >= 11 is 0. The second-order valence-corrected chi connectivity index (χ2v) is 17.7. The van der Waals surface area contributed by atoms with Gasteiger partial charge in [0.2, 0.25) is 5.91 Å². The normalized spacial score (nSPS) is 18.5. The van der Waals surface area contributed by atoms with Crippen molar-refractivity contribution in [3.05, 3.63) is 209 Å². The maximum atomic E-state index is 15.2. The summed E-state index contributed by atoms with van der Waals surface area (Å²) in [6.45, 7) is 1.92. The lowest BCUT2D eigenvalue weighted by molar-refractivity contribution is -0.139. The number of nitrogens with zero attached hydrogens (tertiary/aromatic N) is 4. The Morgan fingerprint density at radius 1 is 0.667 bits per heavy atom. The lowest BCUT2D eigenvalue weighted by atomic mass is 9.82. The number of para-hydroxylation sites is 6. The van der Waals surface area contributed by atoms with E-state index in [0.717, 1.165) is 11.1 Å². The summed E-state index contributed by atoms with van der Waals surface area (Å²) in [6.07, 6.45) is 3.87. The first-order valence-corrected chi connectivity index (χ1v) is 22.9. The molecule has 0 radical (unpaired) electrons. The third-order valence-electron chi connectivity index (χ3n) is 13.6. The molecule has 2 N–H and O–H groups in total. The van der Waals surface area contributed by atoms with Crippen LogP contribution in [0.15, 0.2) is 176 Å². The zero-order chi connectivity index (χ0) is 47.4. The lowest BCUT2D eigenvalue weighted by Crippen LogP contribution is -2.46. The first kappa shape index (κ1) is 43.3. The summed E-state index contributed by atoms with van der Waals surface area (Å²) in [7, 11) is 0. The van der Waals surface area contributed by atoms with Gasteiger partial charge in [-0.25, -0.2) is 0 Å². The number of amides is 4. The number of hydrogen-bond donors (Lipinski definition) is 2. The van der Waals surface area contributed by atoms with Crippen LogP contribution in [0.25, 0.3) is 0 Å².